The van der Waals surface area contributed by atoms with E-state index in [0.717, 1.165) is 62.1 Å². The molecule has 0 radical (unpaired) electrons. The van der Waals surface area contributed by atoms with Gasteiger partial charge in [-0.3, -0.25) is 18.1 Å². The van der Waals surface area contributed by atoms with Crippen LogP contribution in [0.15, 0.2) is 279 Å². The van der Waals surface area contributed by atoms with Crippen molar-refractivity contribution >= 4 is 17.2 Å². The lowest BCUT2D eigenvalue weighted by Gasteiger charge is -2.43. The average molecular weight is 1140 g/mol. The second kappa shape index (κ2) is 22.8. The molecular weight excluding hydrogens is 1070 g/mol. The zero-order valence-electron chi connectivity index (χ0n) is 49.1. The minimum atomic E-state index is -2.07. The van der Waals surface area contributed by atoms with Crippen molar-refractivity contribution < 1.29 is 27.1 Å². The van der Waals surface area contributed by atoms with Crippen LogP contribution in [0.5, 0.6) is 11.5 Å². The molecule has 422 valence electrons. The maximum Gasteiger partial charge on any atom is 0.400 e. The summed E-state index contributed by atoms with van der Waals surface area (Å²) in [6.45, 7) is 18.1. The lowest BCUT2D eigenvalue weighted by molar-refractivity contribution is 0.00370. The molecule has 0 N–H and O–H groups in total. The van der Waals surface area contributed by atoms with E-state index < -0.39 is 45.0 Å². The summed E-state index contributed by atoms with van der Waals surface area (Å²) in [6, 6.07) is 97.2. The molecule has 12 rings (SSSR count). The molecule has 0 aromatic heterocycles. The van der Waals surface area contributed by atoms with Gasteiger partial charge in [-0.1, -0.05) is 322 Å². The first-order valence-electron chi connectivity index (χ1n) is 29.1. The summed E-state index contributed by atoms with van der Waals surface area (Å²) < 4.78 is 45.1. The Morgan fingerprint density at radius 1 is 0.298 bits per heavy atom. The molecule has 6 nitrogen and oxygen atoms in total. The molecule has 0 unspecified atom stereocenters. The van der Waals surface area contributed by atoms with Crippen molar-refractivity contribution in [3.63, 3.8) is 0 Å². The monoisotopic (exact) mass is 1140 g/mol. The van der Waals surface area contributed by atoms with Crippen molar-refractivity contribution in [1.82, 2.24) is 0 Å². The lowest BCUT2D eigenvalue weighted by Crippen LogP contribution is -2.48. The topological polar surface area (TPSA) is 55.4 Å². The minimum Gasteiger partial charge on any atom is -0.426 e. The third-order valence-electron chi connectivity index (χ3n) is 17.2. The van der Waals surface area contributed by atoms with E-state index in [0.29, 0.717) is 11.5 Å². The molecule has 0 aliphatic carbocycles. The highest BCUT2D eigenvalue weighted by Crippen LogP contribution is 2.72. The summed E-state index contributed by atoms with van der Waals surface area (Å²) in [4.78, 5) is 0. The molecule has 0 amide bonds. The Hall–Kier alpha value is -7.50. The van der Waals surface area contributed by atoms with E-state index in [4.69, 9.17) is 27.1 Å². The molecule has 2 aliphatic rings. The molecular formula is C76H72O6P2. The molecule has 84 heavy (non-hydrogen) atoms. The zero-order chi connectivity index (χ0) is 58.2. The van der Waals surface area contributed by atoms with Gasteiger partial charge in [-0.2, -0.15) is 0 Å². The standard InChI is InChI=1S/C76H72O6P2/c1-9-72(8,64-50-52-68(66(54-64)70(2,3)4)77-83-79-73(56-34-18-10-19-35-56,57-36-20-11-21-37-57)74(80-83,58-38-22-12-23-39-58)59-40-24-13-25-41-59)65-51-53-69(67(55-65)71(5,6)7)78-84-81-75(60-42-26-14-27-43-60,61-44-28-15-29-45-61)76(82-84,62-46-30-16-31-47-62)63-48-32-17-33-49-63/h10-55H,9H2,1-8H3. The Labute approximate surface area is 499 Å². The van der Waals surface area contributed by atoms with Crippen molar-refractivity contribution in [1.29, 1.82) is 0 Å². The molecule has 10 aromatic rings. The first kappa shape index (κ1) is 57.0. The molecule has 0 saturated carbocycles. The van der Waals surface area contributed by atoms with Crippen LogP contribution in [-0.4, -0.2) is 0 Å². The van der Waals surface area contributed by atoms with Crippen molar-refractivity contribution in [2.45, 2.75) is 100 Å². The van der Waals surface area contributed by atoms with Crippen LogP contribution in [0.25, 0.3) is 0 Å². The highest BCUT2D eigenvalue weighted by molar-refractivity contribution is 7.42. The Bertz CT molecular complexity index is 3230. The summed E-state index contributed by atoms with van der Waals surface area (Å²) in [7, 11) is -4.13. The number of benzene rings is 10. The maximum atomic E-state index is 7.61. The van der Waals surface area contributed by atoms with Gasteiger partial charge in [-0.05, 0) is 85.0 Å². The third-order valence-corrected chi connectivity index (χ3v) is 19.6. The van der Waals surface area contributed by atoms with Crippen molar-refractivity contribution in [3.05, 3.63) is 346 Å². The molecule has 2 heterocycles. The van der Waals surface area contributed by atoms with Gasteiger partial charge in [-0.15, -0.1) is 0 Å². The van der Waals surface area contributed by atoms with Gasteiger partial charge in [0.2, 0.25) is 0 Å². The summed E-state index contributed by atoms with van der Waals surface area (Å²) in [5, 5.41) is 0. The molecule has 0 bridgehead atoms. The van der Waals surface area contributed by atoms with E-state index in [1.54, 1.807) is 0 Å². The van der Waals surface area contributed by atoms with E-state index in [9.17, 15) is 0 Å². The Balaban J connectivity index is 0.937. The fourth-order valence-corrected chi connectivity index (χ4v) is 15.8. The first-order valence-corrected chi connectivity index (χ1v) is 31.3. The number of rotatable bonds is 15. The van der Waals surface area contributed by atoms with Gasteiger partial charge in [0.1, 0.15) is 11.5 Å². The average Bonchev–Trinajstić information content (AvgIpc) is 1.55. The second-order valence-electron chi connectivity index (χ2n) is 24.3. The first-order chi connectivity index (χ1) is 40.7. The number of hydrogen-bond donors (Lipinski definition) is 0. The van der Waals surface area contributed by atoms with Crippen LogP contribution in [0.1, 0.15) is 129 Å². The summed E-state index contributed by atoms with van der Waals surface area (Å²) in [5.74, 6) is 1.43. The molecule has 0 atom stereocenters. The SMILES string of the molecule is CCC(C)(c1ccc(OP2OC(c3ccccc3)(c3ccccc3)C(c3ccccc3)(c3ccccc3)O2)c(C(C)(C)C)c1)c1ccc(OP2OC(c3ccccc3)(c3ccccc3)C(c3ccccc3)(c3ccccc3)O2)c(C(C)(C)C)c1. The van der Waals surface area contributed by atoms with Gasteiger partial charge in [0.15, 0.2) is 22.4 Å². The van der Waals surface area contributed by atoms with Crippen molar-refractivity contribution in [2.24, 2.45) is 0 Å². The Morgan fingerprint density at radius 2 is 0.500 bits per heavy atom. The van der Waals surface area contributed by atoms with Gasteiger partial charge in [0.25, 0.3) is 0 Å². The van der Waals surface area contributed by atoms with Gasteiger partial charge in [-0.25, -0.2) is 0 Å². The predicted molar refractivity (Wildman–Crippen MR) is 341 cm³/mol. The van der Waals surface area contributed by atoms with Crippen LogP contribution in [0.4, 0.5) is 0 Å². The van der Waals surface area contributed by atoms with Gasteiger partial charge in [0, 0.05) is 16.5 Å². The maximum absolute atomic E-state index is 7.61. The lowest BCUT2D eigenvalue weighted by atomic mass is 9.66. The van der Waals surface area contributed by atoms with Crippen LogP contribution in [0, 0.1) is 0 Å². The van der Waals surface area contributed by atoms with Gasteiger partial charge in [0.05, 0.1) is 0 Å². The highest BCUT2D eigenvalue weighted by atomic mass is 31.2. The summed E-state index contributed by atoms with van der Waals surface area (Å²) in [5.41, 5.74) is 6.30. The predicted octanol–water partition coefficient (Wildman–Crippen LogP) is 20.1. The third kappa shape index (κ3) is 9.72. The fraction of sp³-hybridized carbons (Fsp3) is 0.211. The Morgan fingerprint density at radius 3 is 0.679 bits per heavy atom. The summed E-state index contributed by atoms with van der Waals surface area (Å²) >= 11 is 0. The van der Waals surface area contributed by atoms with E-state index in [-0.39, 0.29) is 10.8 Å². The molecule has 8 heteroatoms. The van der Waals surface area contributed by atoms with Crippen LogP contribution >= 0.6 is 17.2 Å². The second-order valence-corrected chi connectivity index (χ2v) is 26.2. The molecule has 2 fully saturated rings. The van der Waals surface area contributed by atoms with Crippen molar-refractivity contribution in [3.8, 4) is 11.5 Å². The van der Waals surface area contributed by atoms with Crippen molar-refractivity contribution in [2.75, 3.05) is 0 Å². The van der Waals surface area contributed by atoms with E-state index in [1.807, 2.05) is 48.5 Å². The van der Waals surface area contributed by atoms with Gasteiger partial charge < -0.3 is 9.05 Å². The molecule has 2 aliphatic heterocycles. The van der Waals surface area contributed by atoms with Crippen LogP contribution in [-0.2, 0) is 56.7 Å². The molecule has 0 spiro atoms. The number of hydrogen-bond acceptors (Lipinski definition) is 6. The van der Waals surface area contributed by atoms with E-state index >= 15 is 0 Å². The fourth-order valence-electron chi connectivity index (χ4n) is 12.7. The normalized spacial score (nSPS) is 16.7. The minimum absolute atomic E-state index is 0.345. The summed E-state index contributed by atoms with van der Waals surface area (Å²) in [6.07, 6.45) is 0.819. The van der Waals surface area contributed by atoms with E-state index in [2.05, 4.69) is 286 Å². The Kier molecular flexibility index (Phi) is 15.5. The smallest absolute Gasteiger partial charge is 0.400 e. The van der Waals surface area contributed by atoms with Crippen LogP contribution in [0.3, 0.4) is 0 Å². The zero-order valence-corrected chi connectivity index (χ0v) is 50.9. The molecule has 10 aromatic carbocycles. The largest absolute Gasteiger partial charge is 0.426 e. The molecule has 2 saturated heterocycles. The van der Waals surface area contributed by atoms with Crippen LogP contribution in [0.2, 0.25) is 0 Å². The quantitative estimate of drug-likeness (QED) is 0.0954. The van der Waals surface area contributed by atoms with E-state index in [1.165, 1.54) is 11.1 Å². The van der Waals surface area contributed by atoms with Crippen LogP contribution < -0.4 is 9.05 Å². The highest BCUT2D eigenvalue weighted by Gasteiger charge is 2.68. The van der Waals surface area contributed by atoms with Gasteiger partial charge >= 0.3 is 17.2 Å².